The number of amides is 2. The zero-order valence-electron chi connectivity index (χ0n) is 17.8. The number of hydrogen-bond donors (Lipinski definition) is 1. The molecule has 0 radical (unpaired) electrons. The van der Waals surface area contributed by atoms with Gasteiger partial charge in [-0.2, -0.15) is 0 Å². The molecule has 1 N–H and O–H groups in total. The first-order valence-corrected chi connectivity index (χ1v) is 10.8. The van der Waals surface area contributed by atoms with Crippen molar-refractivity contribution in [3.63, 3.8) is 0 Å². The molecule has 0 bridgehead atoms. The van der Waals surface area contributed by atoms with Crippen molar-refractivity contribution in [1.29, 1.82) is 0 Å². The summed E-state index contributed by atoms with van der Waals surface area (Å²) in [4.78, 5) is 35.0. The van der Waals surface area contributed by atoms with Crippen LogP contribution in [-0.2, 0) is 4.79 Å². The fraction of sp³-hybridized carbons (Fsp3) is 0.565. The smallest absolute Gasteiger partial charge is 0.270 e. The highest BCUT2D eigenvalue weighted by atomic mass is 16.2. The highest BCUT2D eigenvalue weighted by molar-refractivity contribution is 5.98. The van der Waals surface area contributed by atoms with E-state index in [2.05, 4.69) is 35.9 Å². The Balaban J connectivity index is 1.31. The number of aryl methyl sites for hydroxylation is 1. The number of aromatic nitrogens is 1. The summed E-state index contributed by atoms with van der Waals surface area (Å²) in [7, 11) is 0. The lowest BCUT2D eigenvalue weighted by Crippen LogP contribution is -2.53. The molecule has 1 aromatic carbocycles. The number of hydrogen-bond acceptors (Lipinski definition) is 3. The normalized spacial score (nSPS) is 23.6. The highest BCUT2D eigenvalue weighted by Gasteiger charge is 2.28. The van der Waals surface area contributed by atoms with Crippen molar-refractivity contribution in [2.24, 2.45) is 11.8 Å². The first kappa shape index (κ1) is 20.0. The average Bonchev–Trinajstić information content (AvgIpc) is 3.10. The van der Waals surface area contributed by atoms with E-state index in [1.807, 2.05) is 28.9 Å². The van der Waals surface area contributed by atoms with E-state index in [0.717, 1.165) is 37.1 Å². The number of aromatic amines is 1. The van der Waals surface area contributed by atoms with E-state index in [1.165, 1.54) is 12.0 Å². The van der Waals surface area contributed by atoms with E-state index in [9.17, 15) is 9.59 Å². The molecule has 2 aliphatic rings. The van der Waals surface area contributed by atoms with Crippen molar-refractivity contribution < 1.29 is 9.59 Å². The Hall–Kier alpha value is -2.34. The zero-order valence-corrected chi connectivity index (χ0v) is 17.8. The first-order valence-electron chi connectivity index (χ1n) is 10.8. The van der Waals surface area contributed by atoms with Crippen LogP contribution < -0.4 is 0 Å². The number of fused-ring (bicyclic) bond motifs is 1. The summed E-state index contributed by atoms with van der Waals surface area (Å²) in [5.41, 5.74) is 2.82. The second-order valence-electron chi connectivity index (χ2n) is 9.09. The maximum atomic E-state index is 12.9. The monoisotopic (exact) mass is 396 g/mol. The van der Waals surface area contributed by atoms with Crippen LogP contribution in [0.5, 0.6) is 0 Å². The van der Waals surface area contributed by atoms with E-state index < -0.39 is 0 Å². The summed E-state index contributed by atoms with van der Waals surface area (Å²) in [6, 6.07) is 8.11. The minimum Gasteiger partial charge on any atom is -0.351 e. The second kappa shape index (κ2) is 8.19. The molecule has 2 saturated heterocycles. The molecule has 0 aliphatic carbocycles. The second-order valence-corrected chi connectivity index (χ2v) is 9.09. The minimum absolute atomic E-state index is 0.0449. The van der Waals surface area contributed by atoms with Gasteiger partial charge in [-0.3, -0.25) is 14.5 Å². The van der Waals surface area contributed by atoms with Crippen LogP contribution in [0.2, 0.25) is 0 Å². The van der Waals surface area contributed by atoms with Gasteiger partial charge in [0.2, 0.25) is 5.91 Å². The summed E-state index contributed by atoms with van der Waals surface area (Å²) in [6.45, 7) is 11.5. The summed E-state index contributed by atoms with van der Waals surface area (Å²) in [5, 5.41) is 1.06. The van der Waals surface area contributed by atoms with Gasteiger partial charge in [0.15, 0.2) is 0 Å². The van der Waals surface area contributed by atoms with E-state index in [1.54, 1.807) is 0 Å². The van der Waals surface area contributed by atoms with Gasteiger partial charge in [-0.1, -0.05) is 26.0 Å². The molecule has 3 heterocycles. The van der Waals surface area contributed by atoms with E-state index >= 15 is 0 Å². The first-order chi connectivity index (χ1) is 13.9. The number of benzene rings is 1. The lowest BCUT2D eigenvalue weighted by atomic mass is 9.92. The van der Waals surface area contributed by atoms with Crippen LogP contribution in [0.15, 0.2) is 24.3 Å². The third-order valence-corrected chi connectivity index (χ3v) is 6.25. The topological polar surface area (TPSA) is 59.7 Å². The number of H-pyrrole nitrogens is 1. The predicted octanol–water partition coefficient (Wildman–Crippen LogP) is 2.74. The van der Waals surface area contributed by atoms with Gasteiger partial charge >= 0.3 is 0 Å². The van der Waals surface area contributed by atoms with Gasteiger partial charge in [0.1, 0.15) is 5.69 Å². The SMILES string of the molecule is Cc1ccc2cc(C(=O)N3CCN(CC(=O)N4C[C@H](C)C[C@@H](C)C4)CC3)[nH]c2c1. The van der Waals surface area contributed by atoms with Crippen LogP contribution in [0.25, 0.3) is 10.9 Å². The Bertz CT molecular complexity index is 887. The van der Waals surface area contributed by atoms with Crippen LogP contribution >= 0.6 is 0 Å². The molecule has 1 aromatic heterocycles. The maximum absolute atomic E-state index is 12.9. The Morgan fingerprint density at radius 1 is 1.00 bits per heavy atom. The van der Waals surface area contributed by atoms with Crippen molar-refractivity contribution in [3.05, 3.63) is 35.5 Å². The fourth-order valence-electron chi connectivity index (χ4n) is 4.79. The average molecular weight is 397 g/mol. The molecule has 6 heteroatoms. The molecule has 2 fully saturated rings. The Kier molecular flexibility index (Phi) is 5.63. The number of piperazine rings is 1. The van der Waals surface area contributed by atoms with Crippen molar-refractivity contribution in [2.75, 3.05) is 45.8 Å². The third kappa shape index (κ3) is 4.47. The summed E-state index contributed by atoms with van der Waals surface area (Å²) < 4.78 is 0. The Morgan fingerprint density at radius 2 is 1.69 bits per heavy atom. The summed E-state index contributed by atoms with van der Waals surface area (Å²) in [5.74, 6) is 1.44. The molecule has 4 rings (SSSR count). The third-order valence-electron chi connectivity index (χ3n) is 6.25. The molecule has 156 valence electrons. The molecule has 29 heavy (non-hydrogen) atoms. The number of carbonyl (C=O) groups excluding carboxylic acids is 2. The fourth-order valence-corrected chi connectivity index (χ4v) is 4.79. The number of piperidine rings is 1. The van der Waals surface area contributed by atoms with Crippen molar-refractivity contribution in [2.45, 2.75) is 27.2 Å². The predicted molar refractivity (Wildman–Crippen MR) is 115 cm³/mol. The number of nitrogens with zero attached hydrogens (tertiary/aromatic N) is 3. The van der Waals surface area contributed by atoms with E-state index in [0.29, 0.717) is 37.2 Å². The molecule has 6 nitrogen and oxygen atoms in total. The van der Waals surface area contributed by atoms with Gasteiger partial charge in [0.25, 0.3) is 5.91 Å². The molecule has 0 saturated carbocycles. The molecule has 2 atom stereocenters. The molecular weight excluding hydrogens is 364 g/mol. The number of rotatable bonds is 3. The Labute approximate surface area is 172 Å². The van der Waals surface area contributed by atoms with Gasteiger partial charge in [-0.25, -0.2) is 0 Å². The van der Waals surface area contributed by atoms with Crippen molar-refractivity contribution in [1.82, 2.24) is 19.7 Å². The molecular formula is C23H32N4O2. The van der Waals surface area contributed by atoms with Gasteiger partial charge in [0.05, 0.1) is 6.54 Å². The maximum Gasteiger partial charge on any atom is 0.270 e. The molecule has 2 amide bonds. The summed E-state index contributed by atoms with van der Waals surface area (Å²) in [6.07, 6.45) is 1.21. The van der Waals surface area contributed by atoms with Crippen molar-refractivity contribution >= 4 is 22.7 Å². The van der Waals surface area contributed by atoms with Gasteiger partial charge in [-0.15, -0.1) is 0 Å². The lowest BCUT2D eigenvalue weighted by molar-refractivity contribution is -0.135. The number of carbonyl (C=O) groups is 2. The van der Waals surface area contributed by atoms with E-state index in [-0.39, 0.29) is 11.8 Å². The minimum atomic E-state index is 0.0449. The van der Waals surface area contributed by atoms with Crippen LogP contribution in [0.3, 0.4) is 0 Å². The van der Waals surface area contributed by atoms with Gasteiger partial charge in [0, 0.05) is 50.2 Å². The number of likely N-dealkylation sites (tertiary alicyclic amines) is 1. The standard InChI is InChI=1S/C23H32N4O2/c1-16-4-5-19-12-21(24-20(19)11-16)23(29)26-8-6-25(7-9-26)15-22(28)27-13-17(2)10-18(3)14-27/h4-5,11-12,17-18,24H,6-10,13-15H2,1-3H3/t17-,18-/m1/s1. The van der Waals surface area contributed by atoms with Gasteiger partial charge < -0.3 is 14.8 Å². The van der Waals surface area contributed by atoms with Crippen LogP contribution in [0.4, 0.5) is 0 Å². The van der Waals surface area contributed by atoms with Crippen LogP contribution in [0, 0.1) is 18.8 Å². The zero-order chi connectivity index (χ0) is 20.5. The summed E-state index contributed by atoms with van der Waals surface area (Å²) >= 11 is 0. The van der Waals surface area contributed by atoms with E-state index in [4.69, 9.17) is 0 Å². The lowest BCUT2D eigenvalue weighted by Gasteiger charge is -2.38. The number of nitrogens with one attached hydrogen (secondary N) is 1. The Morgan fingerprint density at radius 3 is 2.38 bits per heavy atom. The molecule has 0 spiro atoms. The van der Waals surface area contributed by atoms with Crippen LogP contribution in [-0.4, -0.2) is 77.3 Å². The van der Waals surface area contributed by atoms with Crippen molar-refractivity contribution in [3.8, 4) is 0 Å². The molecule has 2 aliphatic heterocycles. The van der Waals surface area contributed by atoms with Crippen LogP contribution in [0.1, 0.15) is 36.3 Å². The highest BCUT2D eigenvalue weighted by Crippen LogP contribution is 2.21. The largest absolute Gasteiger partial charge is 0.351 e. The quantitative estimate of drug-likeness (QED) is 0.868. The van der Waals surface area contributed by atoms with Gasteiger partial charge in [-0.05, 0) is 42.9 Å². The molecule has 0 unspecified atom stereocenters. The molecule has 2 aromatic rings.